The molecule has 1 aliphatic rings. The van der Waals surface area contributed by atoms with E-state index in [-0.39, 0.29) is 33.5 Å². The van der Waals surface area contributed by atoms with E-state index >= 15 is 0 Å². The van der Waals surface area contributed by atoms with Crippen LogP contribution in [0.2, 0.25) is 15.1 Å². The summed E-state index contributed by atoms with van der Waals surface area (Å²) in [5.74, 6) is -1.39. The molecule has 1 amide bonds. The summed E-state index contributed by atoms with van der Waals surface area (Å²) in [4.78, 5) is 27.4. The molecule has 1 aliphatic heterocycles. The van der Waals surface area contributed by atoms with Gasteiger partial charge in [0, 0.05) is 17.1 Å². The molecule has 1 aromatic heterocycles. The van der Waals surface area contributed by atoms with Gasteiger partial charge in [-0.2, -0.15) is 0 Å². The number of Topliss-reactive ketones (excluding diaryl/α,β-unsaturated/α-hetero) is 1. The van der Waals surface area contributed by atoms with E-state index < -0.39 is 23.5 Å². The third-order valence-corrected chi connectivity index (χ3v) is 6.20. The molecular weight excluding hydrogens is 489 g/mol. The Morgan fingerprint density at radius 3 is 2.33 bits per heavy atom. The summed E-state index contributed by atoms with van der Waals surface area (Å²) in [6.07, 6.45) is 1.91. The maximum atomic E-state index is 13.0. The zero-order chi connectivity index (χ0) is 23.7. The molecule has 2 heterocycles. The van der Waals surface area contributed by atoms with Gasteiger partial charge in [0.05, 0.1) is 29.0 Å². The Labute approximate surface area is 204 Å². The minimum atomic E-state index is -0.910. The highest BCUT2D eigenvalue weighted by Gasteiger charge is 2.47. The van der Waals surface area contributed by atoms with E-state index in [1.165, 1.54) is 30.4 Å². The second-order valence-corrected chi connectivity index (χ2v) is 8.61. The van der Waals surface area contributed by atoms with Crippen molar-refractivity contribution < 1.29 is 23.8 Å². The Balaban J connectivity index is 1.76. The molecule has 9 heteroatoms. The lowest BCUT2D eigenvalue weighted by Crippen LogP contribution is -2.31. The normalized spacial score (nSPS) is 17.6. The van der Waals surface area contributed by atoms with Gasteiger partial charge in [-0.05, 0) is 48.4 Å². The highest BCUT2D eigenvalue weighted by atomic mass is 35.5. The van der Waals surface area contributed by atoms with Crippen LogP contribution in [-0.4, -0.2) is 35.4 Å². The highest BCUT2D eigenvalue weighted by molar-refractivity contribution is 6.46. The molecule has 170 valence electrons. The number of methoxy groups -OCH3 is 1. The Morgan fingerprint density at radius 2 is 1.76 bits per heavy atom. The molecule has 0 saturated carbocycles. The summed E-state index contributed by atoms with van der Waals surface area (Å²) in [6.45, 7) is 0.221. The number of aliphatic hydroxyl groups is 1. The Hall–Kier alpha value is -2.93. The molecule has 3 aromatic rings. The molecule has 1 unspecified atom stereocenters. The van der Waals surface area contributed by atoms with Crippen LogP contribution in [0.3, 0.4) is 0 Å². The van der Waals surface area contributed by atoms with Gasteiger partial charge in [-0.15, -0.1) is 0 Å². The summed E-state index contributed by atoms with van der Waals surface area (Å²) in [5, 5.41) is 12.0. The minimum absolute atomic E-state index is 0.108. The average Bonchev–Trinajstić information content (AvgIpc) is 3.40. The van der Waals surface area contributed by atoms with Crippen molar-refractivity contribution in [1.29, 1.82) is 0 Å². The lowest BCUT2D eigenvalue weighted by atomic mass is 9.99. The predicted molar refractivity (Wildman–Crippen MR) is 126 cm³/mol. The number of hydrogen-bond acceptors (Lipinski definition) is 5. The fourth-order valence-corrected chi connectivity index (χ4v) is 4.57. The SMILES string of the molecule is COc1c(Cl)cc(/C(O)=C2/C(=O)C(=O)N(CCc3ccc(Cl)cc3)C2c2ccco2)cc1Cl. The lowest BCUT2D eigenvalue weighted by molar-refractivity contribution is -0.140. The first-order chi connectivity index (χ1) is 15.8. The Morgan fingerprint density at radius 1 is 1.09 bits per heavy atom. The van der Waals surface area contributed by atoms with Crippen LogP contribution in [0, 0.1) is 0 Å². The fourth-order valence-electron chi connectivity index (χ4n) is 3.80. The summed E-state index contributed by atoms with van der Waals surface area (Å²) in [6, 6.07) is 12.4. The molecule has 1 fully saturated rings. The largest absolute Gasteiger partial charge is 0.507 e. The van der Waals surface area contributed by atoms with Gasteiger partial charge in [0.2, 0.25) is 0 Å². The van der Waals surface area contributed by atoms with Crippen LogP contribution in [-0.2, 0) is 16.0 Å². The fraction of sp³-hybridized carbons (Fsp3) is 0.167. The predicted octanol–water partition coefficient (Wildman–Crippen LogP) is 5.91. The van der Waals surface area contributed by atoms with Gasteiger partial charge in [-0.25, -0.2) is 0 Å². The van der Waals surface area contributed by atoms with Crippen molar-refractivity contribution in [2.24, 2.45) is 0 Å². The molecule has 0 spiro atoms. The lowest BCUT2D eigenvalue weighted by Gasteiger charge is -2.23. The standard InChI is InChI=1S/C24H18Cl3NO5/c1-32-23-16(26)11-14(12-17(23)27)21(29)19-20(18-3-2-10-33-18)28(24(31)22(19)30)9-8-13-4-6-15(25)7-5-13/h2-7,10-12,20,29H,8-9H2,1H3/b21-19-. The van der Waals surface area contributed by atoms with E-state index in [9.17, 15) is 14.7 Å². The molecule has 1 saturated heterocycles. The molecule has 0 radical (unpaired) electrons. The van der Waals surface area contributed by atoms with Crippen molar-refractivity contribution in [3.05, 3.63) is 92.3 Å². The van der Waals surface area contributed by atoms with Crippen LogP contribution in [0.5, 0.6) is 5.75 Å². The molecule has 4 rings (SSSR count). The summed E-state index contributed by atoms with van der Waals surface area (Å²) >= 11 is 18.4. The first kappa shape index (κ1) is 23.2. The van der Waals surface area contributed by atoms with E-state index in [0.717, 1.165) is 5.56 Å². The number of hydrogen-bond donors (Lipinski definition) is 1. The highest BCUT2D eigenvalue weighted by Crippen LogP contribution is 2.42. The van der Waals surface area contributed by atoms with Crippen molar-refractivity contribution >= 4 is 52.3 Å². The van der Waals surface area contributed by atoms with Gasteiger partial charge in [0.15, 0.2) is 5.75 Å². The number of ketones is 1. The second-order valence-electron chi connectivity index (χ2n) is 7.36. The monoisotopic (exact) mass is 505 g/mol. The van der Waals surface area contributed by atoms with E-state index in [1.807, 2.05) is 12.1 Å². The minimum Gasteiger partial charge on any atom is -0.507 e. The van der Waals surface area contributed by atoms with Crippen molar-refractivity contribution in [1.82, 2.24) is 4.90 Å². The van der Waals surface area contributed by atoms with Crippen molar-refractivity contribution in [2.45, 2.75) is 12.5 Å². The quantitative estimate of drug-likeness (QED) is 0.255. The number of halogens is 3. The number of furan rings is 1. The molecule has 0 aliphatic carbocycles. The van der Waals surface area contributed by atoms with Gasteiger partial charge in [0.25, 0.3) is 11.7 Å². The first-order valence-electron chi connectivity index (χ1n) is 9.91. The number of nitrogens with zero attached hydrogens (tertiary/aromatic N) is 1. The van der Waals surface area contributed by atoms with Gasteiger partial charge < -0.3 is 19.2 Å². The molecule has 33 heavy (non-hydrogen) atoms. The van der Waals surface area contributed by atoms with Crippen LogP contribution in [0.25, 0.3) is 5.76 Å². The number of amides is 1. The number of likely N-dealkylation sites (tertiary alicyclic amines) is 1. The summed E-state index contributed by atoms with van der Waals surface area (Å²) in [5.41, 5.74) is 1.01. The molecule has 1 atom stereocenters. The van der Waals surface area contributed by atoms with Gasteiger partial charge >= 0.3 is 0 Å². The maximum absolute atomic E-state index is 13.0. The van der Waals surface area contributed by atoms with E-state index in [2.05, 4.69) is 0 Å². The van der Waals surface area contributed by atoms with Gasteiger partial charge in [0.1, 0.15) is 17.6 Å². The van der Waals surface area contributed by atoms with Crippen molar-refractivity contribution in [3.63, 3.8) is 0 Å². The molecule has 1 N–H and O–H groups in total. The smallest absolute Gasteiger partial charge is 0.295 e. The second kappa shape index (κ2) is 9.51. The average molecular weight is 507 g/mol. The zero-order valence-corrected chi connectivity index (χ0v) is 19.6. The van der Waals surface area contributed by atoms with Crippen LogP contribution < -0.4 is 4.74 Å². The summed E-state index contributed by atoms with van der Waals surface area (Å²) < 4.78 is 10.7. The molecular formula is C24H18Cl3NO5. The van der Waals surface area contributed by atoms with E-state index in [0.29, 0.717) is 17.2 Å². The van der Waals surface area contributed by atoms with Gasteiger partial charge in [-0.1, -0.05) is 46.9 Å². The Kier molecular flexibility index (Phi) is 6.70. The Bertz CT molecular complexity index is 1210. The van der Waals surface area contributed by atoms with Crippen LogP contribution in [0.15, 0.2) is 64.8 Å². The number of rotatable bonds is 6. The van der Waals surface area contributed by atoms with Crippen molar-refractivity contribution in [3.8, 4) is 5.75 Å². The number of benzene rings is 2. The summed E-state index contributed by atoms with van der Waals surface area (Å²) in [7, 11) is 1.41. The number of ether oxygens (including phenoxy) is 1. The third kappa shape index (κ3) is 4.47. The van der Waals surface area contributed by atoms with Crippen molar-refractivity contribution in [2.75, 3.05) is 13.7 Å². The van der Waals surface area contributed by atoms with E-state index in [4.69, 9.17) is 44.0 Å². The molecule has 6 nitrogen and oxygen atoms in total. The third-order valence-electron chi connectivity index (χ3n) is 5.38. The van der Waals surface area contributed by atoms with Crippen LogP contribution in [0.4, 0.5) is 0 Å². The maximum Gasteiger partial charge on any atom is 0.295 e. The number of carbonyl (C=O) groups excluding carboxylic acids is 2. The molecule has 0 bridgehead atoms. The number of carbonyl (C=O) groups is 2. The van der Waals surface area contributed by atoms with Gasteiger partial charge in [-0.3, -0.25) is 9.59 Å². The first-order valence-corrected chi connectivity index (χ1v) is 11.0. The van der Waals surface area contributed by atoms with Crippen LogP contribution >= 0.6 is 34.8 Å². The molecule has 2 aromatic carbocycles. The zero-order valence-electron chi connectivity index (χ0n) is 17.3. The van der Waals surface area contributed by atoms with Crippen LogP contribution in [0.1, 0.15) is 22.9 Å². The number of aliphatic hydroxyl groups excluding tert-OH is 1. The van der Waals surface area contributed by atoms with E-state index in [1.54, 1.807) is 24.3 Å². The topological polar surface area (TPSA) is 80.0 Å².